The van der Waals surface area contributed by atoms with Crippen molar-refractivity contribution in [1.82, 2.24) is 15.0 Å². The molecular formula is C23H19N3O. The van der Waals surface area contributed by atoms with E-state index in [0.717, 1.165) is 41.2 Å². The van der Waals surface area contributed by atoms with E-state index in [-0.39, 0.29) is 6.61 Å². The second-order valence-electron chi connectivity index (χ2n) is 6.31. The number of hydrogen-bond acceptors (Lipinski definition) is 4. The van der Waals surface area contributed by atoms with E-state index >= 15 is 0 Å². The van der Waals surface area contributed by atoms with E-state index in [9.17, 15) is 0 Å². The van der Waals surface area contributed by atoms with E-state index in [2.05, 4.69) is 35.2 Å². The molecule has 1 aromatic carbocycles. The maximum Gasteiger partial charge on any atom is 0.225 e. The number of hydrogen-bond donors (Lipinski definition) is 0. The van der Waals surface area contributed by atoms with Gasteiger partial charge < -0.3 is 4.74 Å². The van der Waals surface area contributed by atoms with Crippen molar-refractivity contribution in [3.63, 3.8) is 0 Å². The summed E-state index contributed by atoms with van der Waals surface area (Å²) in [4.78, 5) is 14.1. The van der Waals surface area contributed by atoms with Crippen LogP contribution in [0.1, 0.15) is 24.1 Å². The van der Waals surface area contributed by atoms with Gasteiger partial charge in [0, 0.05) is 12.1 Å². The van der Waals surface area contributed by atoms with Gasteiger partial charge in [-0.15, -0.1) is 6.42 Å². The quantitative estimate of drug-likeness (QED) is 0.661. The molecule has 0 bridgehead atoms. The Balaban J connectivity index is 1.73. The zero-order chi connectivity index (χ0) is 18.5. The fourth-order valence-corrected chi connectivity index (χ4v) is 3.10. The lowest BCUT2D eigenvalue weighted by molar-refractivity contribution is 0.351. The Bertz CT molecular complexity index is 1110. The molecular weight excluding hydrogens is 334 g/mol. The van der Waals surface area contributed by atoms with Crippen LogP contribution in [-0.4, -0.2) is 21.6 Å². The zero-order valence-electron chi connectivity index (χ0n) is 14.9. The SMILES string of the molecule is C#CCOc1nc(-c2cccc(Cc3ccccc3)n2)nc2c1=CCCC=2. The second-order valence-corrected chi connectivity index (χ2v) is 6.31. The molecule has 27 heavy (non-hydrogen) atoms. The average molecular weight is 353 g/mol. The highest BCUT2D eigenvalue weighted by molar-refractivity contribution is 5.52. The van der Waals surface area contributed by atoms with E-state index in [0.29, 0.717) is 11.7 Å². The van der Waals surface area contributed by atoms with Crippen molar-refractivity contribution >= 4 is 12.2 Å². The Labute approximate surface area is 158 Å². The van der Waals surface area contributed by atoms with Crippen LogP contribution in [0.4, 0.5) is 0 Å². The van der Waals surface area contributed by atoms with Gasteiger partial charge in [-0.25, -0.2) is 9.97 Å². The van der Waals surface area contributed by atoms with Gasteiger partial charge in [0.05, 0.1) is 10.6 Å². The van der Waals surface area contributed by atoms with Crippen molar-refractivity contribution in [3.05, 3.63) is 70.4 Å². The first-order valence-corrected chi connectivity index (χ1v) is 8.98. The average Bonchev–Trinajstić information content (AvgIpc) is 2.73. The minimum atomic E-state index is 0.179. The van der Waals surface area contributed by atoms with Gasteiger partial charge in [0.15, 0.2) is 12.4 Å². The Morgan fingerprint density at radius 2 is 1.78 bits per heavy atom. The van der Waals surface area contributed by atoms with Gasteiger partial charge in [0.2, 0.25) is 5.88 Å². The number of ether oxygens (including phenoxy) is 1. The molecule has 4 heteroatoms. The topological polar surface area (TPSA) is 47.9 Å². The van der Waals surface area contributed by atoms with Crippen LogP contribution < -0.4 is 15.3 Å². The van der Waals surface area contributed by atoms with Gasteiger partial charge in [-0.1, -0.05) is 54.5 Å². The van der Waals surface area contributed by atoms with Crippen LogP contribution in [-0.2, 0) is 6.42 Å². The number of terminal acetylenes is 1. The Morgan fingerprint density at radius 1 is 0.926 bits per heavy atom. The maximum atomic E-state index is 5.68. The highest BCUT2D eigenvalue weighted by atomic mass is 16.5. The van der Waals surface area contributed by atoms with Crippen molar-refractivity contribution in [3.8, 4) is 29.7 Å². The van der Waals surface area contributed by atoms with Gasteiger partial charge in [0.1, 0.15) is 5.69 Å². The molecule has 3 aromatic rings. The first kappa shape index (κ1) is 17.0. The molecule has 0 spiro atoms. The molecule has 0 atom stereocenters. The third kappa shape index (κ3) is 3.88. The molecule has 132 valence electrons. The first-order chi connectivity index (χ1) is 13.3. The number of nitrogens with zero attached hydrogens (tertiary/aromatic N) is 3. The van der Waals surface area contributed by atoms with E-state index in [1.165, 1.54) is 5.56 Å². The molecule has 2 aromatic heterocycles. The number of pyridine rings is 1. The third-order valence-corrected chi connectivity index (χ3v) is 4.35. The molecule has 0 aliphatic heterocycles. The van der Waals surface area contributed by atoms with Crippen molar-refractivity contribution in [2.75, 3.05) is 6.61 Å². The lowest BCUT2D eigenvalue weighted by Crippen LogP contribution is -2.33. The van der Waals surface area contributed by atoms with E-state index in [4.69, 9.17) is 21.1 Å². The van der Waals surface area contributed by atoms with Crippen LogP contribution in [0, 0.1) is 12.3 Å². The molecule has 0 amide bonds. The molecule has 2 heterocycles. The van der Waals surface area contributed by atoms with Crippen LogP contribution in [0.5, 0.6) is 5.88 Å². The van der Waals surface area contributed by atoms with Crippen LogP contribution in [0.2, 0.25) is 0 Å². The van der Waals surface area contributed by atoms with E-state index < -0.39 is 0 Å². The Kier molecular flexibility index (Phi) is 4.93. The molecule has 4 rings (SSSR count). The monoisotopic (exact) mass is 353 g/mol. The van der Waals surface area contributed by atoms with Crippen LogP contribution in [0.15, 0.2) is 48.5 Å². The Morgan fingerprint density at radius 3 is 2.63 bits per heavy atom. The highest BCUT2D eigenvalue weighted by Gasteiger charge is 2.11. The summed E-state index contributed by atoms with van der Waals surface area (Å²) < 4.78 is 5.68. The fraction of sp³-hybridized carbons (Fsp3) is 0.174. The maximum absolute atomic E-state index is 5.68. The Hall–Kier alpha value is -3.45. The molecule has 0 saturated heterocycles. The van der Waals surface area contributed by atoms with E-state index in [1.807, 2.05) is 36.4 Å². The molecule has 0 unspecified atom stereocenters. The molecule has 1 aliphatic carbocycles. The fourth-order valence-electron chi connectivity index (χ4n) is 3.10. The van der Waals surface area contributed by atoms with Crippen molar-refractivity contribution in [2.24, 2.45) is 0 Å². The van der Waals surface area contributed by atoms with Crippen LogP contribution in [0.3, 0.4) is 0 Å². The van der Waals surface area contributed by atoms with E-state index in [1.54, 1.807) is 0 Å². The van der Waals surface area contributed by atoms with Crippen LogP contribution >= 0.6 is 0 Å². The number of aromatic nitrogens is 3. The summed E-state index contributed by atoms with van der Waals surface area (Å²) in [6.07, 6.45) is 12.2. The normalized spacial score (nSPS) is 12.3. The van der Waals surface area contributed by atoms with Gasteiger partial charge >= 0.3 is 0 Å². The summed E-state index contributed by atoms with van der Waals surface area (Å²) in [7, 11) is 0. The van der Waals surface area contributed by atoms with Gasteiger partial charge in [-0.3, -0.25) is 0 Å². The highest BCUT2D eigenvalue weighted by Crippen LogP contribution is 2.15. The smallest absolute Gasteiger partial charge is 0.225 e. The molecule has 0 saturated carbocycles. The summed E-state index contributed by atoms with van der Waals surface area (Å²) in [5.74, 6) is 3.58. The number of benzene rings is 1. The summed E-state index contributed by atoms with van der Waals surface area (Å²) in [5, 5.41) is 1.80. The molecule has 1 aliphatic rings. The molecule has 0 radical (unpaired) electrons. The number of fused-ring (bicyclic) bond motifs is 1. The lowest BCUT2D eigenvalue weighted by Gasteiger charge is -2.09. The van der Waals surface area contributed by atoms with Crippen molar-refractivity contribution in [2.45, 2.75) is 19.3 Å². The molecule has 0 fully saturated rings. The molecule has 0 N–H and O–H groups in total. The predicted molar refractivity (Wildman–Crippen MR) is 106 cm³/mol. The standard InChI is InChI=1S/C23H19N3O/c1-2-15-27-23-19-12-6-7-13-20(19)25-22(26-23)21-14-8-11-18(24-21)16-17-9-4-3-5-10-17/h1,3-5,8-14H,6-7,15-16H2. The minimum absolute atomic E-state index is 0.179. The lowest BCUT2D eigenvalue weighted by atomic mass is 10.1. The summed E-state index contributed by atoms with van der Waals surface area (Å²) >= 11 is 0. The summed E-state index contributed by atoms with van der Waals surface area (Å²) in [6.45, 7) is 0.179. The van der Waals surface area contributed by atoms with Gasteiger partial charge in [-0.05, 0) is 30.5 Å². The van der Waals surface area contributed by atoms with Crippen molar-refractivity contribution < 1.29 is 4.74 Å². The minimum Gasteiger partial charge on any atom is -0.464 e. The summed E-state index contributed by atoms with van der Waals surface area (Å²) in [6, 6.07) is 16.2. The van der Waals surface area contributed by atoms with Gasteiger partial charge in [0.25, 0.3) is 0 Å². The largest absolute Gasteiger partial charge is 0.464 e. The van der Waals surface area contributed by atoms with Crippen LogP contribution in [0.25, 0.3) is 23.7 Å². The summed E-state index contributed by atoms with van der Waals surface area (Å²) in [5.41, 5.74) is 2.92. The third-order valence-electron chi connectivity index (χ3n) is 4.35. The first-order valence-electron chi connectivity index (χ1n) is 8.98. The zero-order valence-corrected chi connectivity index (χ0v) is 14.9. The van der Waals surface area contributed by atoms with Gasteiger partial charge in [-0.2, -0.15) is 4.98 Å². The molecule has 4 nitrogen and oxygen atoms in total. The van der Waals surface area contributed by atoms with Crippen molar-refractivity contribution in [1.29, 1.82) is 0 Å². The number of rotatable bonds is 5. The second kappa shape index (κ2) is 7.84. The predicted octanol–water partition coefficient (Wildman–Crippen LogP) is 2.50.